The van der Waals surface area contributed by atoms with E-state index in [1.165, 1.54) is 18.0 Å². The van der Waals surface area contributed by atoms with Crippen molar-refractivity contribution in [3.63, 3.8) is 0 Å². The number of anilines is 2. The molecule has 1 unspecified atom stereocenters. The summed E-state index contributed by atoms with van der Waals surface area (Å²) < 4.78 is 0. The van der Waals surface area contributed by atoms with Gasteiger partial charge in [-0.3, -0.25) is 0 Å². The molecule has 0 saturated heterocycles. The fraction of sp³-hybridized carbons (Fsp3) is 0.267. The van der Waals surface area contributed by atoms with Crippen molar-refractivity contribution in [1.82, 2.24) is 9.97 Å². The second-order valence-electron chi connectivity index (χ2n) is 5.11. The Balaban J connectivity index is 1.99. The Kier molecular flexibility index (Phi) is 3.10. The largest absolute Gasteiger partial charge is 0.476 e. The predicted molar refractivity (Wildman–Crippen MR) is 75.3 cm³/mol. The molecule has 0 aliphatic carbocycles. The van der Waals surface area contributed by atoms with Gasteiger partial charge in [0.15, 0.2) is 11.5 Å². The molecule has 1 aromatic carbocycles. The fourth-order valence-corrected chi connectivity index (χ4v) is 2.58. The van der Waals surface area contributed by atoms with Crippen LogP contribution in [0.5, 0.6) is 0 Å². The van der Waals surface area contributed by atoms with Gasteiger partial charge in [0.25, 0.3) is 0 Å². The Bertz CT molecular complexity index is 640. The third-order valence-corrected chi connectivity index (χ3v) is 3.48. The molecule has 0 saturated carbocycles. The second-order valence-corrected chi connectivity index (χ2v) is 5.11. The highest BCUT2D eigenvalue weighted by Gasteiger charge is 2.23. The average Bonchev–Trinajstić information content (AvgIpc) is 2.46. The van der Waals surface area contributed by atoms with E-state index in [1.54, 1.807) is 0 Å². The number of carboxylic acid groups (broad SMARTS) is 1. The minimum absolute atomic E-state index is 0.0351. The fourth-order valence-electron chi connectivity index (χ4n) is 2.58. The molecule has 1 aliphatic rings. The van der Waals surface area contributed by atoms with Crippen LogP contribution >= 0.6 is 0 Å². The minimum Gasteiger partial charge on any atom is -0.476 e. The Morgan fingerprint density at radius 3 is 2.80 bits per heavy atom. The van der Waals surface area contributed by atoms with Crippen molar-refractivity contribution in [2.45, 2.75) is 13.3 Å². The zero-order valence-electron chi connectivity index (χ0n) is 11.2. The van der Waals surface area contributed by atoms with Gasteiger partial charge in [-0.15, -0.1) is 0 Å². The SMILES string of the molecule is CC1Cc2ccccc2N(c2cnc(C(=O)O)cn2)C1. The average molecular weight is 269 g/mol. The van der Waals surface area contributed by atoms with Crippen LogP contribution in [-0.4, -0.2) is 27.6 Å². The van der Waals surface area contributed by atoms with E-state index in [0.29, 0.717) is 11.7 Å². The van der Waals surface area contributed by atoms with Gasteiger partial charge in [-0.1, -0.05) is 25.1 Å². The number of benzene rings is 1. The summed E-state index contributed by atoms with van der Waals surface area (Å²) in [6.45, 7) is 3.06. The molecule has 2 heterocycles. The summed E-state index contributed by atoms with van der Waals surface area (Å²) >= 11 is 0. The molecule has 3 rings (SSSR count). The number of hydrogen-bond donors (Lipinski definition) is 1. The summed E-state index contributed by atoms with van der Waals surface area (Å²) in [5.41, 5.74) is 2.38. The topological polar surface area (TPSA) is 66.3 Å². The lowest BCUT2D eigenvalue weighted by Gasteiger charge is -2.33. The van der Waals surface area contributed by atoms with E-state index < -0.39 is 5.97 Å². The van der Waals surface area contributed by atoms with Crippen molar-refractivity contribution in [3.8, 4) is 0 Å². The first kappa shape index (κ1) is 12.6. The van der Waals surface area contributed by atoms with Gasteiger partial charge < -0.3 is 10.0 Å². The van der Waals surface area contributed by atoms with Gasteiger partial charge in [-0.2, -0.15) is 0 Å². The van der Waals surface area contributed by atoms with Crippen molar-refractivity contribution in [1.29, 1.82) is 0 Å². The van der Waals surface area contributed by atoms with E-state index >= 15 is 0 Å². The number of carbonyl (C=O) groups is 1. The lowest BCUT2D eigenvalue weighted by atomic mass is 9.94. The first-order valence-electron chi connectivity index (χ1n) is 6.56. The molecule has 20 heavy (non-hydrogen) atoms. The Hall–Kier alpha value is -2.43. The van der Waals surface area contributed by atoms with E-state index in [4.69, 9.17) is 5.11 Å². The van der Waals surface area contributed by atoms with Crippen LogP contribution in [0.15, 0.2) is 36.7 Å². The molecule has 5 nitrogen and oxygen atoms in total. The van der Waals surface area contributed by atoms with Gasteiger partial charge >= 0.3 is 5.97 Å². The van der Waals surface area contributed by atoms with E-state index in [0.717, 1.165) is 18.7 Å². The van der Waals surface area contributed by atoms with Crippen LogP contribution in [0.2, 0.25) is 0 Å². The zero-order valence-corrected chi connectivity index (χ0v) is 11.2. The normalized spacial score (nSPS) is 17.6. The van der Waals surface area contributed by atoms with Gasteiger partial charge in [0.2, 0.25) is 0 Å². The molecule has 0 amide bonds. The Morgan fingerprint density at radius 1 is 1.30 bits per heavy atom. The molecule has 0 radical (unpaired) electrons. The summed E-state index contributed by atoms with van der Waals surface area (Å²) in [6.07, 6.45) is 3.88. The van der Waals surface area contributed by atoms with Crippen molar-refractivity contribution < 1.29 is 9.90 Å². The number of nitrogens with zero attached hydrogens (tertiary/aromatic N) is 3. The smallest absolute Gasteiger partial charge is 0.356 e. The van der Waals surface area contributed by atoms with Gasteiger partial charge in [-0.05, 0) is 24.0 Å². The van der Waals surface area contributed by atoms with E-state index in [1.807, 2.05) is 12.1 Å². The van der Waals surface area contributed by atoms with Gasteiger partial charge in [-0.25, -0.2) is 14.8 Å². The third kappa shape index (κ3) is 2.22. The van der Waals surface area contributed by atoms with Crippen molar-refractivity contribution >= 4 is 17.5 Å². The van der Waals surface area contributed by atoms with Crippen LogP contribution in [-0.2, 0) is 6.42 Å². The molecule has 102 valence electrons. The van der Waals surface area contributed by atoms with Gasteiger partial charge in [0.05, 0.1) is 12.4 Å². The van der Waals surface area contributed by atoms with Crippen LogP contribution in [0.4, 0.5) is 11.5 Å². The molecule has 5 heteroatoms. The highest BCUT2D eigenvalue weighted by atomic mass is 16.4. The second kappa shape index (κ2) is 4.92. The number of aromatic nitrogens is 2. The predicted octanol–water partition coefficient (Wildman–Crippen LogP) is 2.51. The molecule has 2 aromatic rings. The highest BCUT2D eigenvalue weighted by Crippen LogP contribution is 2.33. The highest BCUT2D eigenvalue weighted by molar-refractivity contribution is 5.85. The van der Waals surface area contributed by atoms with Crippen LogP contribution < -0.4 is 4.90 Å². The maximum absolute atomic E-state index is 10.8. The van der Waals surface area contributed by atoms with Gasteiger partial charge in [0.1, 0.15) is 0 Å². The maximum Gasteiger partial charge on any atom is 0.356 e. The van der Waals surface area contributed by atoms with Crippen LogP contribution in [0.1, 0.15) is 23.0 Å². The molecule has 1 aromatic heterocycles. The summed E-state index contributed by atoms with van der Waals surface area (Å²) in [4.78, 5) is 21.1. The minimum atomic E-state index is -1.06. The number of fused-ring (bicyclic) bond motifs is 1. The number of aromatic carboxylic acids is 1. The molecule has 1 atom stereocenters. The number of rotatable bonds is 2. The van der Waals surface area contributed by atoms with Crippen molar-refractivity contribution in [2.75, 3.05) is 11.4 Å². The number of carboxylic acids is 1. The molecule has 0 bridgehead atoms. The standard InChI is InChI=1S/C15H15N3O2/c1-10-6-11-4-2-3-5-13(11)18(9-10)14-8-16-12(7-17-14)15(19)20/h2-5,7-8,10H,6,9H2,1H3,(H,19,20). The van der Waals surface area contributed by atoms with Crippen LogP contribution in [0.3, 0.4) is 0 Å². The monoisotopic (exact) mass is 269 g/mol. The quantitative estimate of drug-likeness (QED) is 0.907. The van der Waals surface area contributed by atoms with Crippen molar-refractivity contribution in [2.24, 2.45) is 5.92 Å². The molecule has 0 spiro atoms. The molecule has 0 fully saturated rings. The van der Waals surface area contributed by atoms with Gasteiger partial charge in [0, 0.05) is 12.2 Å². The lowest BCUT2D eigenvalue weighted by Crippen LogP contribution is -2.31. The van der Waals surface area contributed by atoms with E-state index in [9.17, 15) is 4.79 Å². The Labute approximate surface area is 116 Å². The van der Waals surface area contributed by atoms with E-state index in [2.05, 4.69) is 33.9 Å². The summed E-state index contributed by atoms with van der Waals surface area (Å²) in [5.74, 6) is 0.149. The molecular weight excluding hydrogens is 254 g/mol. The lowest BCUT2D eigenvalue weighted by molar-refractivity contribution is 0.0690. The summed E-state index contributed by atoms with van der Waals surface area (Å²) in [7, 11) is 0. The number of para-hydroxylation sites is 1. The van der Waals surface area contributed by atoms with Crippen molar-refractivity contribution in [3.05, 3.63) is 47.9 Å². The molecule has 1 N–H and O–H groups in total. The first-order valence-corrected chi connectivity index (χ1v) is 6.56. The van der Waals surface area contributed by atoms with E-state index in [-0.39, 0.29) is 5.69 Å². The third-order valence-electron chi connectivity index (χ3n) is 3.48. The van der Waals surface area contributed by atoms with Crippen LogP contribution in [0.25, 0.3) is 0 Å². The first-order chi connectivity index (χ1) is 9.65. The maximum atomic E-state index is 10.8. The molecule has 1 aliphatic heterocycles. The summed E-state index contributed by atoms with van der Waals surface area (Å²) in [5, 5.41) is 8.87. The Morgan fingerprint density at radius 2 is 2.10 bits per heavy atom. The summed E-state index contributed by atoms with van der Waals surface area (Å²) in [6, 6.07) is 8.22. The number of hydrogen-bond acceptors (Lipinski definition) is 4. The van der Waals surface area contributed by atoms with Crippen LogP contribution in [0, 0.1) is 5.92 Å². The zero-order chi connectivity index (χ0) is 14.1. The molecular formula is C15H15N3O2.